The molecule has 4 rings (SSSR count). The second-order valence-corrected chi connectivity index (χ2v) is 8.07. The lowest BCUT2D eigenvalue weighted by molar-refractivity contribution is -0.193. The van der Waals surface area contributed by atoms with Crippen molar-refractivity contribution in [2.45, 2.75) is 45.6 Å². The van der Waals surface area contributed by atoms with Crippen LogP contribution in [0.15, 0.2) is 35.4 Å². The Kier molecular flexibility index (Phi) is 10.5. The predicted octanol–water partition coefficient (Wildman–Crippen LogP) is 4.01. The third-order valence-corrected chi connectivity index (χ3v) is 5.36. The van der Waals surface area contributed by atoms with E-state index in [2.05, 4.69) is 31.1 Å². The highest BCUT2D eigenvalue weighted by Crippen LogP contribution is 2.26. The lowest BCUT2D eigenvalue weighted by Gasteiger charge is -2.19. The number of nitrogens with zero attached hydrogens (tertiary/aromatic N) is 5. The third-order valence-electron chi connectivity index (χ3n) is 5.36. The summed E-state index contributed by atoms with van der Waals surface area (Å²) in [6, 6.07) is 4.01. The monoisotopic (exact) mass is 563 g/mol. The number of halogens is 6. The number of carbonyl (C=O) groups is 2. The number of pyridine rings is 1. The molecule has 0 aliphatic carbocycles. The fraction of sp³-hybridized carbons (Fsp3) is 0.391. The van der Waals surface area contributed by atoms with Gasteiger partial charge in [0.05, 0.1) is 11.4 Å². The summed E-state index contributed by atoms with van der Waals surface area (Å²) in [6.07, 6.45) is -2.98. The van der Waals surface area contributed by atoms with Crippen LogP contribution in [0.4, 0.5) is 26.3 Å². The Labute approximate surface area is 217 Å². The largest absolute Gasteiger partial charge is 0.490 e. The number of hydrogen-bond donors (Lipinski definition) is 2. The standard InChI is InChI=1S/C19H21N5O.2C2HF3O2/c1-13-17(14(2)25-23-13)11-24-8-5-16-18(6-9-24)21-12-22-19(16)15-4-3-7-20-10-15;2*3-2(4,5)1(6)7/h3-4,7,10,12H,5-6,8-9,11H2,1-2H3;2*(H,6,7). The van der Waals surface area contributed by atoms with Crippen LogP contribution in [-0.4, -0.2) is 72.6 Å². The molecule has 39 heavy (non-hydrogen) atoms. The van der Waals surface area contributed by atoms with E-state index in [0.29, 0.717) is 0 Å². The van der Waals surface area contributed by atoms with E-state index in [4.69, 9.17) is 24.3 Å². The number of aliphatic carboxylic acids is 2. The van der Waals surface area contributed by atoms with Gasteiger partial charge in [-0.15, -0.1) is 0 Å². The lowest BCUT2D eigenvalue weighted by Crippen LogP contribution is -2.26. The second-order valence-electron chi connectivity index (χ2n) is 8.07. The Morgan fingerprint density at radius 2 is 1.59 bits per heavy atom. The summed E-state index contributed by atoms with van der Waals surface area (Å²) in [7, 11) is 0. The van der Waals surface area contributed by atoms with Crippen molar-refractivity contribution in [1.82, 2.24) is 25.0 Å². The second kappa shape index (κ2) is 13.1. The van der Waals surface area contributed by atoms with Gasteiger partial charge < -0.3 is 14.7 Å². The molecule has 0 atom stereocenters. The highest BCUT2D eigenvalue weighted by molar-refractivity contribution is 5.73. The molecule has 3 aromatic heterocycles. The van der Waals surface area contributed by atoms with Crippen LogP contribution in [0, 0.1) is 13.8 Å². The number of rotatable bonds is 3. The number of fused-ring (bicyclic) bond motifs is 1. The molecule has 0 saturated carbocycles. The Morgan fingerprint density at radius 3 is 2.08 bits per heavy atom. The van der Waals surface area contributed by atoms with Crippen molar-refractivity contribution in [3.8, 4) is 11.3 Å². The summed E-state index contributed by atoms with van der Waals surface area (Å²) in [6.45, 7) is 6.79. The maximum absolute atomic E-state index is 10.6. The first-order chi connectivity index (χ1) is 18.1. The van der Waals surface area contributed by atoms with Crippen LogP contribution in [-0.2, 0) is 29.0 Å². The van der Waals surface area contributed by atoms with Crippen LogP contribution in [0.2, 0.25) is 0 Å². The van der Waals surface area contributed by atoms with Crippen LogP contribution in [0.3, 0.4) is 0 Å². The molecule has 0 aromatic carbocycles. The van der Waals surface area contributed by atoms with Gasteiger partial charge in [-0.3, -0.25) is 9.88 Å². The number of alkyl halides is 6. The number of aryl methyl sites for hydroxylation is 2. The third kappa shape index (κ3) is 9.31. The van der Waals surface area contributed by atoms with Gasteiger partial charge in [0.1, 0.15) is 12.1 Å². The van der Waals surface area contributed by atoms with E-state index in [1.54, 1.807) is 12.5 Å². The molecule has 3 aromatic rings. The van der Waals surface area contributed by atoms with E-state index in [9.17, 15) is 26.3 Å². The molecule has 0 bridgehead atoms. The quantitative estimate of drug-likeness (QED) is 0.449. The highest BCUT2D eigenvalue weighted by atomic mass is 19.4. The Morgan fingerprint density at radius 1 is 1.00 bits per heavy atom. The Balaban J connectivity index is 0.000000317. The molecule has 2 N–H and O–H groups in total. The van der Waals surface area contributed by atoms with E-state index >= 15 is 0 Å². The topological polar surface area (TPSA) is 143 Å². The summed E-state index contributed by atoms with van der Waals surface area (Å²) in [4.78, 5) is 33.5. The van der Waals surface area contributed by atoms with E-state index in [1.165, 1.54) is 11.1 Å². The van der Waals surface area contributed by atoms with Crippen LogP contribution in [0.1, 0.15) is 28.3 Å². The van der Waals surface area contributed by atoms with E-state index in [1.807, 2.05) is 26.1 Å². The first-order valence-corrected chi connectivity index (χ1v) is 11.1. The van der Waals surface area contributed by atoms with Crippen molar-refractivity contribution in [1.29, 1.82) is 0 Å². The van der Waals surface area contributed by atoms with Crippen molar-refractivity contribution in [3.63, 3.8) is 0 Å². The smallest absolute Gasteiger partial charge is 0.475 e. The molecule has 0 amide bonds. The maximum atomic E-state index is 10.6. The minimum Gasteiger partial charge on any atom is -0.475 e. The SMILES string of the molecule is Cc1noc(C)c1CN1CCc2ncnc(-c3cccnc3)c2CC1.O=C(O)C(F)(F)F.O=C(O)C(F)(F)F. The number of aromatic nitrogens is 4. The van der Waals surface area contributed by atoms with Gasteiger partial charge in [0.2, 0.25) is 0 Å². The summed E-state index contributed by atoms with van der Waals surface area (Å²) in [5.41, 5.74) is 6.64. The average Bonchev–Trinajstić information content (AvgIpc) is 3.04. The highest BCUT2D eigenvalue weighted by Gasteiger charge is 2.38. The zero-order chi connectivity index (χ0) is 29.4. The summed E-state index contributed by atoms with van der Waals surface area (Å²) >= 11 is 0. The van der Waals surface area contributed by atoms with Crippen LogP contribution >= 0.6 is 0 Å². The van der Waals surface area contributed by atoms with Gasteiger partial charge >= 0.3 is 24.3 Å². The molecule has 4 heterocycles. The average molecular weight is 563 g/mol. The van der Waals surface area contributed by atoms with Crippen molar-refractivity contribution in [2.24, 2.45) is 0 Å². The van der Waals surface area contributed by atoms with E-state index in [-0.39, 0.29) is 0 Å². The molecule has 0 fully saturated rings. The molecule has 0 unspecified atom stereocenters. The Hall–Kier alpha value is -4.08. The van der Waals surface area contributed by atoms with Crippen LogP contribution < -0.4 is 0 Å². The van der Waals surface area contributed by atoms with Gasteiger partial charge in [0, 0.05) is 60.8 Å². The first-order valence-electron chi connectivity index (χ1n) is 11.1. The molecule has 16 heteroatoms. The fourth-order valence-electron chi connectivity index (χ4n) is 3.43. The summed E-state index contributed by atoms with van der Waals surface area (Å²) in [5, 5.41) is 18.3. The maximum Gasteiger partial charge on any atom is 0.490 e. The van der Waals surface area contributed by atoms with Gasteiger partial charge in [-0.1, -0.05) is 5.16 Å². The van der Waals surface area contributed by atoms with Gasteiger partial charge in [0.25, 0.3) is 0 Å². The van der Waals surface area contributed by atoms with Crippen molar-refractivity contribution < 1.29 is 50.7 Å². The summed E-state index contributed by atoms with van der Waals surface area (Å²) < 4.78 is 68.8. The molecule has 0 saturated heterocycles. The zero-order valence-electron chi connectivity index (χ0n) is 20.5. The molecule has 0 radical (unpaired) electrons. The van der Waals surface area contributed by atoms with Crippen molar-refractivity contribution >= 4 is 11.9 Å². The molecule has 212 valence electrons. The Bertz CT molecular complexity index is 1220. The molecule has 1 aliphatic rings. The van der Waals surface area contributed by atoms with Crippen molar-refractivity contribution in [2.75, 3.05) is 13.1 Å². The minimum absolute atomic E-state index is 0.866. The fourth-order valence-corrected chi connectivity index (χ4v) is 3.43. The van der Waals surface area contributed by atoms with E-state index < -0.39 is 24.3 Å². The number of carboxylic acid groups (broad SMARTS) is 2. The molecule has 1 aliphatic heterocycles. The molecular weight excluding hydrogens is 540 g/mol. The van der Waals surface area contributed by atoms with Gasteiger partial charge in [-0.25, -0.2) is 19.6 Å². The molecule has 0 spiro atoms. The molecule has 10 nitrogen and oxygen atoms in total. The van der Waals surface area contributed by atoms with Gasteiger partial charge in [0.15, 0.2) is 0 Å². The lowest BCUT2D eigenvalue weighted by atomic mass is 10.0. The predicted molar refractivity (Wildman–Crippen MR) is 121 cm³/mol. The van der Waals surface area contributed by atoms with Crippen LogP contribution in [0.5, 0.6) is 0 Å². The first kappa shape index (κ1) is 31.1. The van der Waals surface area contributed by atoms with E-state index in [0.717, 1.165) is 60.9 Å². The zero-order valence-corrected chi connectivity index (χ0v) is 20.5. The molecular formula is C23H23F6N5O5. The summed E-state index contributed by atoms with van der Waals surface area (Å²) in [5.74, 6) is -4.60. The van der Waals surface area contributed by atoms with Crippen molar-refractivity contribution in [3.05, 3.63) is 59.1 Å². The normalized spacial score (nSPS) is 13.6. The van der Waals surface area contributed by atoms with Gasteiger partial charge in [-0.2, -0.15) is 26.3 Å². The number of carboxylic acids is 2. The van der Waals surface area contributed by atoms with Crippen LogP contribution in [0.25, 0.3) is 11.3 Å². The minimum atomic E-state index is -5.08. The number of hydrogen-bond acceptors (Lipinski definition) is 8. The van der Waals surface area contributed by atoms with Gasteiger partial charge in [-0.05, 0) is 32.4 Å².